The van der Waals surface area contributed by atoms with Crippen LogP contribution in [-0.2, 0) is 16.0 Å². The van der Waals surface area contributed by atoms with Crippen molar-refractivity contribution in [2.75, 3.05) is 6.61 Å². The standard InChI is InChI=1S/C18H15ClN4O3/c19-15-8-6-14(7-9-15)17(24)11-26-18(25)16(23-12-20-21-22-23)10-13-4-2-1-3-5-13/h1-9,12,16H,10-11H2/t16-/m0/s1. The third kappa shape index (κ3) is 4.52. The highest BCUT2D eigenvalue weighted by atomic mass is 35.5. The van der Waals surface area contributed by atoms with Crippen LogP contribution in [0, 0.1) is 0 Å². The van der Waals surface area contributed by atoms with Crippen LogP contribution in [0.25, 0.3) is 0 Å². The molecule has 0 saturated carbocycles. The molecule has 0 aliphatic rings. The van der Waals surface area contributed by atoms with E-state index >= 15 is 0 Å². The summed E-state index contributed by atoms with van der Waals surface area (Å²) in [6, 6.07) is 15.0. The van der Waals surface area contributed by atoms with Crippen molar-refractivity contribution < 1.29 is 14.3 Å². The van der Waals surface area contributed by atoms with E-state index in [1.807, 2.05) is 30.3 Å². The molecule has 0 spiro atoms. The third-order valence-electron chi connectivity index (χ3n) is 3.74. The van der Waals surface area contributed by atoms with Crippen LogP contribution in [0.1, 0.15) is 22.0 Å². The third-order valence-corrected chi connectivity index (χ3v) is 3.99. The fourth-order valence-corrected chi connectivity index (χ4v) is 2.51. The van der Waals surface area contributed by atoms with Crippen LogP contribution < -0.4 is 0 Å². The van der Waals surface area contributed by atoms with Gasteiger partial charge in [0.15, 0.2) is 18.4 Å². The van der Waals surface area contributed by atoms with E-state index in [2.05, 4.69) is 15.5 Å². The minimum atomic E-state index is -0.759. The molecule has 3 rings (SSSR count). The predicted octanol–water partition coefficient (Wildman–Crippen LogP) is 2.54. The van der Waals surface area contributed by atoms with Gasteiger partial charge in [0.2, 0.25) is 0 Å². The zero-order valence-electron chi connectivity index (χ0n) is 13.7. The molecule has 1 atom stereocenters. The van der Waals surface area contributed by atoms with Gasteiger partial charge in [-0.25, -0.2) is 9.48 Å². The highest BCUT2D eigenvalue weighted by molar-refractivity contribution is 6.30. The van der Waals surface area contributed by atoms with Crippen molar-refractivity contribution in [3.05, 3.63) is 77.1 Å². The summed E-state index contributed by atoms with van der Waals surface area (Å²) in [6.45, 7) is -0.367. The highest BCUT2D eigenvalue weighted by Crippen LogP contribution is 2.15. The van der Waals surface area contributed by atoms with Gasteiger partial charge in [0.05, 0.1) is 0 Å². The molecule has 0 radical (unpaired) electrons. The molecule has 0 saturated heterocycles. The van der Waals surface area contributed by atoms with Gasteiger partial charge in [0, 0.05) is 17.0 Å². The van der Waals surface area contributed by atoms with E-state index in [1.165, 1.54) is 11.0 Å². The largest absolute Gasteiger partial charge is 0.456 e. The van der Waals surface area contributed by atoms with Crippen molar-refractivity contribution in [3.63, 3.8) is 0 Å². The second-order valence-electron chi connectivity index (χ2n) is 5.53. The van der Waals surface area contributed by atoms with Gasteiger partial charge in [-0.2, -0.15) is 0 Å². The molecule has 0 aliphatic heterocycles. The molecular formula is C18H15ClN4O3. The van der Waals surface area contributed by atoms with Gasteiger partial charge in [-0.05, 0) is 40.3 Å². The maximum atomic E-state index is 12.5. The summed E-state index contributed by atoms with van der Waals surface area (Å²) in [5.74, 6) is -0.895. The number of hydrogen-bond donors (Lipinski definition) is 0. The Hall–Kier alpha value is -3.06. The van der Waals surface area contributed by atoms with E-state index in [9.17, 15) is 9.59 Å². The molecule has 8 heteroatoms. The van der Waals surface area contributed by atoms with Gasteiger partial charge in [0.1, 0.15) is 6.33 Å². The average Bonchev–Trinajstić information content (AvgIpc) is 3.19. The van der Waals surface area contributed by atoms with Crippen molar-refractivity contribution in [1.82, 2.24) is 20.2 Å². The number of carbonyl (C=O) groups excluding carboxylic acids is 2. The number of ether oxygens (including phenoxy) is 1. The summed E-state index contributed by atoms with van der Waals surface area (Å²) < 4.78 is 6.53. The van der Waals surface area contributed by atoms with Crippen LogP contribution >= 0.6 is 11.6 Å². The molecule has 26 heavy (non-hydrogen) atoms. The summed E-state index contributed by atoms with van der Waals surface area (Å²) in [5.41, 5.74) is 1.35. The first-order valence-electron chi connectivity index (χ1n) is 7.85. The lowest BCUT2D eigenvalue weighted by molar-refractivity contribution is -0.146. The van der Waals surface area contributed by atoms with Crippen LogP contribution in [0.2, 0.25) is 5.02 Å². The van der Waals surface area contributed by atoms with Crippen molar-refractivity contribution in [3.8, 4) is 0 Å². The molecule has 7 nitrogen and oxygen atoms in total. The lowest BCUT2D eigenvalue weighted by Crippen LogP contribution is -2.26. The van der Waals surface area contributed by atoms with E-state index in [-0.39, 0.29) is 12.4 Å². The number of benzene rings is 2. The van der Waals surface area contributed by atoms with Crippen LogP contribution in [-0.4, -0.2) is 38.6 Å². The monoisotopic (exact) mass is 370 g/mol. The Morgan fingerprint density at radius 3 is 2.46 bits per heavy atom. The van der Waals surface area contributed by atoms with Gasteiger partial charge in [0.25, 0.3) is 0 Å². The van der Waals surface area contributed by atoms with E-state index in [1.54, 1.807) is 24.3 Å². The summed E-state index contributed by atoms with van der Waals surface area (Å²) in [5, 5.41) is 11.4. The first-order valence-corrected chi connectivity index (χ1v) is 8.23. The molecular weight excluding hydrogens is 356 g/mol. The van der Waals surface area contributed by atoms with Crippen LogP contribution in [0.5, 0.6) is 0 Å². The normalized spacial score (nSPS) is 11.7. The quantitative estimate of drug-likeness (QED) is 0.469. The Kier molecular flexibility index (Phi) is 5.70. The maximum Gasteiger partial charge on any atom is 0.331 e. The lowest BCUT2D eigenvalue weighted by Gasteiger charge is -2.15. The van der Waals surface area contributed by atoms with Gasteiger partial charge >= 0.3 is 5.97 Å². The molecule has 0 fully saturated rings. The fraction of sp³-hybridized carbons (Fsp3) is 0.167. The Balaban J connectivity index is 1.67. The molecule has 0 bridgehead atoms. The molecule has 0 N–H and O–H groups in total. The van der Waals surface area contributed by atoms with E-state index in [0.29, 0.717) is 17.0 Å². The smallest absolute Gasteiger partial charge is 0.331 e. The number of ketones is 1. The van der Waals surface area contributed by atoms with Crippen molar-refractivity contribution in [2.45, 2.75) is 12.5 Å². The van der Waals surface area contributed by atoms with Crippen LogP contribution in [0.15, 0.2) is 60.9 Å². The minimum Gasteiger partial charge on any atom is -0.456 e. The highest BCUT2D eigenvalue weighted by Gasteiger charge is 2.25. The Bertz CT molecular complexity index is 867. The van der Waals surface area contributed by atoms with E-state index in [0.717, 1.165) is 5.56 Å². The zero-order chi connectivity index (χ0) is 18.4. The predicted molar refractivity (Wildman–Crippen MR) is 93.7 cm³/mol. The minimum absolute atomic E-state index is 0.315. The molecule has 2 aromatic carbocycles. The number of hydrogen-bond acceptors (Lipinski definition) is 6. The van der Waals surface area contributed by atoms with Crippen LogP contribution in [0.3, 0.4) is 0 Å². The van der Waals surface area contributed by atoms with Crippen molar-refractivity contribution >= 4 is 23.4 Å². The molecule has 0 unspecified atom stereocenters. The Morgan fingerprint density at radius 2 is 1.81 bits per heavy atom. The molecule has 3 aromatic rings. The lowest BCUT2D eigenvalue weighted by atomic mass is 10.1. The van der Waals surface area contributed by atoms with Crippen molar-refractivity contribution in [2.24, 2.45) is 0 Å². The summed E-state index contributed by atoms with van der Waals surface area (Å²) in [7, 11) is 0. The van der Waals surface area contributed by atoms with Gasteiger partial charge < -0.3 is 4.74 Å². The average molecular weight is 371 g/mol. The number of Topliss-reactive ketones (excluding diaryl/α,β-unsaturated/α-hetero) is 1. The number of esters is 1. The van der Waals surface area contributed by atoms with E-state index < -0.39 is 12.0 Å². The first-order chi connectivity index (χ1) is 12.6. The van der Waals surface area contributed by atoms with Crippen molar-refractivity contribution in [1.29, 1.82) is 0 Å². The number of halogens is 1. The summed E-state index contributed by atoms with van der Waals surface area (Å²) >= 11 is 5.80. The zero-order valence-corrected chi connectivity index (χ0v) is 14.4. The van der Waals surface area contributed by atoms with Crippen LogP contribution in [0.4, 0.5) is 0 Å². The van der Waals surface area contributed by atoms with Gasteiger partial charge in [-0.1, -0.05) is 41.9 Å². The molecule has 0 aliphatic carbocycles. The maximum absolute atomic E-state index is 12.5. The summed E-state index contributed by atoms with van der Waals surface area (Å²) in [6.07, 6.45) is 1.69. The second-order valence-corrected chi connectivity index (χ2v) is 5.97. The molecule has 1 aromatic heterocycles. The number of tetrazole rings is 1. The van der Waals surface area contributed by atoms with E-state index in [4.69, 9.17) is 16.3 Å². The molecule has 132 valence electrons. The second kappa shape index (κ2) is 8.35. The first kappa shape index (κ1) is 17.8. The fourth-order valence-electron chi connectivity index (χ4n) is 2.39. The molecule has 1 heterocycles. The van der Waals surface area contributed by atoms with Gasteiger partial charge in [-0.3, -0.25) is 4.79 Å². The number of nitrogens with zero attached hydrogens (tertiary/aromatic N) is 4. The summed E-state index contributed by atoms with van der Waals surface area (Å²) in [4.78, 5) is 24.7. The number of aromatic nitrogens is 4. The van der Waals surface area contributed by atoms with Gasteiger partial charge in [-0.15, -0.1) is 5.10 Å². The topological polar surface area (TPSA) is 87.0 Å². The Labute approximate surface area is 154 Å². The SMILES string of the molecule is O=C(COC(=O)[C@H](Cc1ccccc1)n1cnnn1)c1ccc(Cl)cc1. The Morgan fingerprint density at radius 1 is 1.08 bits per heavy atom. The molecule has 0 amide bonds. The number of carbonyl (C=O) groups is 2. The number of rotatable bonds is 7.